The number of hydrogen-bond donors (Lipinski definition) is 2. The first-order chi connectivity index (χ1) is 11.9. The summed E-state index contributed by atoms with van der Waals surface area (Å²) in [4.78, 5) is 2.07. The molecule has 0 aliphatic carbocycles. The van der Waals surface area contributed by atoms with Gasteiger partial charge in [-0.1, -0.05) is 12.1 Å². The Kier molecular flexibility index (Phi) is 5.90. The van der Waals surface area contributed by atoms with Gasteiger partial charge in [-0.3, -0.25) is 5.43 Å². The van der Waals surface area contributed by atoms with Crippen molar-refractivity contribution in [2.24, 2.45) is 5.10 Å². The van der Waals surface area contributed by atoms with E-state index in [1.54, 1.807) is 12.1 Å². The highest BCUT2D eigenvalue weighted by Gasteiger charge is 2.33. The van der Waals surface area contributed by atoms with Crippen LogP contribution < -0.4 is 10.3 Å². The maximum Gasteiger partial charge on any atom is 0.418 e. The van der Waals surface area contributed by atoms with Gasteiger partial charge in [0.1, 0.15) is 5.75 Å². The lowest BCUT2D eigenvalue weighted by molar-refractivity contribution is -0.136. The predicted octanol–water partition coefficient (Wildman–Crippen LogP) is 4.70. The molecule has 0 unspecified atom stereocenters. The van der Waals surface area contributed by atoms with Crippen molar-refractivity contribution >= 4 is 17.6 Å². The molecule has 7 heteroatoms. The highest BCUT2D eigenvalue weighted by molar-refractivity contribution is 5.85. The summed E-state index contributed by atoms with van der Waals surface area (Å²) in [7, 11) is 0. The van der Waals surface area contributed by atoms with Gasteiger partial charge in [-0.2, -0.15) is 18.3 Å². The van der Waals surface area contributed by atoms with Gasteiger partial charge in [-0.15, -0.1) is 0 Å². The van der Waals surface area contributed by atoms with Gasteiger partial charge in [0, 0.05) is 30.4 Å². The molecule has 0 fully saturated rings. The number of aromatic hydroxyl groups is 1. The van der Waals surface area contributed by atoms with Gasteiger partial charge in [0.25, 0.3) is 0 Å². The third-order valence-corrected chi connectivity index (χ3v) is 3.76. The van der Waals surface area contributed by atoms with E-state index in [0.717, 1.165) is 24.8 Å². The monoisotopic (exact) mass is 351 g/mol. The van der Waals surface area contributed by atoms with E-state index in [4.69, 9.17) is 0 Å². The minimum absolute atomic E-state index is 0.0130. The normalized spacial score (nSPS) is 11.7. The Balaban J connectivity index is 2.16. The van der Waals surface area contributed by atoms with Crippen LogP contribution >= 0.6 is 0 Å². The van der Waals surface area contributed by atoms with Crippen molar-refractivity contribution in [1.29, 1.82) is 0 Å². The lowest BCUT2D eigenvalue weighted by Gasteiger charge is -2.21. The van der Waals surface area contributed by atoms with Gasteiger partial charge in [0.2, 0.25) is 0 Å². The Labute approximate surface area is 144 Å². The number of nitrogens with one attached hydrogen (secondary N) is 1. The van der Waals surface area contributed by atoms with Crippen LogP contribution in [0.15, 0.2) is 47.6 Å². The average molecular weight is 351 g/mol. The first-order valence-electron chi connectivity index (χ1n) is 7.90. The average Bonchev–Trinajstić information content (AvgIpc) is 2.57. The summed E-state index contributed by atoms with van der Waals surface area (Å²) >= 11 is 0. The number of phenols is 1. The van der Waals surface area contributed by atoms with Crippen LogP contribution in [-0.2, 0) is 6.18 Å². The summed E-state index contributed by atoms with van der Waals surface area (Å²) in [6.45, 7) is 5.63. The predicted molar refractivity (Wildman–Crippen MR) is 94.3 cm³/mol. The molecule has 2 aromatic carbocycles. The molecule has 0 spiro atoms. The van der Waals surface area contributed by atoms with E-state index in [1.807, 2.05) is 19.9 Å². The van der Waals surface area contributed by atoms with Crippen LogP contribution in [0.3, 0.4) is 0 Å². The van der Waals surface area contributed by atoms with Gasteiger partial charge in [-0.25, -0.2) is 0 Å². The van der Waals surface area contributed by atoms with Gasteiger partial charge in [0.05, 0.1) is 17.5 Å². The second kappa shape index (κ2) is 7.92. The molecule has 0 radical (unpaired) electrons. The van der Waals surface area contributed by atoms with Crippen LogP contribution in [0.2, 0.25) is 0 Å². The fourth-order valence-corrected chi connectivity index (χ4v) is 2.43. The van der Waals surface area contributed by atoms with E-state index in [2.05, 4.69) is 15.4 Å². The summed E-state index contributed by atoms with van der Waals surface area (Å²) in [6.07, 6.45) is -3.18. The standard InChI is InChI=1S/C18H20F3N3O/c1-3-24(4-2)14-10-9-13(17(25)11-14)12-22-23-16-8-6-5-7-15(16)18(19,20)21/h5-12,23,25H,3-4H2,1-2H3. The maximum atomic E-state index is 12.9. The Hall–Kier alpha value is -2.70. The largest absolute Gasteiger partial charge is 0.507 e. The number of alkyl halides is 3. The minimum Gasteiger partial charge on any atom is -0.507 e. The number of halogens is 3. The third kappa shape index (κ3) is 4.65. The zero-order valence-corrected chi connectivity index (χ0v) is 14.0. The fraction of sp³-hybridized carbons (Fsp3) is 0.278. The van der Waals surface area contributed by atoms with Gasteiger partial charge in [-0.05, 0) is 38.1 Å². The van der Waals surface area contributed by atoms with Crippen LogP contribution in [0, 0.1) is 0 Å². The van der Waals surface area contributed by atoms with Crippen LogP contribution in [-0.4, -0.2) is 24.4 Å². The lowest BCUT2D eigenvalue weighted by Crippen LogP contribution is -2.21. The van der Waals surface area contributed by atoms with Crippen molar-refractivity contribution in [3.63, 3.8) is 0 Å². The number of hydrazone groups is 1. The number of benzene rings is 2. The van der Waals surface area contributed by atoms with Gasteiger partial charge < -0.3 is 10.0 Å². The molecule has 0 atom stereocenters. The zero-order chi connectivity index (χ0) is 18.4. The summed E-state index contributed by atoms with van der Waals surface area (Å²) in [5, 5.41) is 13.9. The molecule has 4 nitrogen and oxygen atoms in total. The van der Waals surface area contributed by atoms with E-state index >= 15 is 0 Å². The number of nitrogens with zero attached hydrogens (tertiary/aromatic N) is 2. The molecular weight excluding hydrogens is 331 g/mol. The second-order valence-electron chi connectivity index (χ2n) is 5.33. The Morgan fingerprint density at radius 1 is 1.12 bits per heavy atom. The second-order valence-corrected chi connectivity index (χ2v) is 5.33. The molecule has 134 valence electrons. The van der Waals surface area contributed by atoms with Crippen molar-refractivity contribution in [3.05, 3.63) is 53.6 Å². The molecule has 0 saturated carbocycles. The molecule has 2 rings (SSSR count). The number of anilines is 2. The van der Waals surface area contributed by atoms with Crippen molar-refractivity contribution in [1.82, 2.24) is 0 Å². The van der Waals surface area contributed by atoms with Crippen molar-refractivity contribution in [2.45, 2.75) is 20.0 Å². The van der Waals surface area contributed by atoms with E-state index in [0.29, 0.717) is 5.56 Å². The van der Waals surface area contributed by atoms with Crippen molar-refractivity contribution in [2.75, 3.05) is 23.4 Å². The van der Waals surface area contributed by atoms with E-state index < -0.39 is 11.7 Å². The highest BCUT2D eigenvalue weighted by atomic mass is 19.4. The van der Waals surface area contributed by atoms with Crippen LogP contribution in [0.5, 0.6) is 5.75 Å². The molecule has 0 aliphatic heterocycles. The Bertz CT molecular complexity index is 741. The Morgan fingerprint density at radius 3 is 2.40 bits per heavy atom. The molecular formula is C18H20F3N3O. The van der Waals surface area contributed by atoms with Crippen LogP contribution in [0.4, 0.5) is 24.5 Å². The van der Waals surface area contributed by atoms with Crippen LogP contribution in [0.25, 0.3) is 0 Å². The van der Waals surface area contributed by atoms with E-state index in [-0.39, 0.29) is 11.4 Å². The number of rotatable bonds is 6. The highest BCUT2D eigenvalue weighted by Crippen LogP contribution is 2.34. The molecule has 2 aromatic rings. The quantitative estimate of drug-likeness (QED) is 0.586. The fourth-order valence-electron chi connectivity index (χ4n) is 2.43. The van der Waals surface area contributed by atoms with Gasteiger partial charge >= 0.3 is 6.18 Å². The van der Waals surface area contributed by atoms with Gasteiger partial charge in [0.15, 0.2) is 0 Å². The molecule has 0 saturated heterocycles. The number of para-hydroxylation sites is 1. The summed E-state index contributed by atoms with van der Waals surface area (Å²) in [5.41, 5.74) is 2.72. The molecule has 0 aromatic heterocycles. The molecule has 0 bridgehead atoms. The third-order valence-electron chi connectivity index (χ3n) is 3.76. The lowest BCUT2D eigenvalue weighted by atomic mass is 10.1. The summed E-state index contributed by atoms with van der Waals surface area (Å²) in [6, 6.07) is 10.2. The molecule has 2 N–H and O–H groups in total. The topological polar surface area (TPSA) is 47.9 Å². The first kappa shape index (κ1) is 18.6. The molecule has 0 aliphatic rings. The molecule has 25 heavy (non-hydrogen) atoms. The van der Waals surface area contributed by atoms with Crippen LogP contribution in [0.1, 0.15) is 25.0 Å². The number of hydrogen-bond acceptors (Lipinski definition) is 4. The minimum atomic E-state index is -4.47. The van der Waals surface area contributed by atoms with Crippen molar-refractivity contribution < 1.29 is 18.3 Å². The summed E-state index contributed by atoms with van der Waals surface area (Å²) in [5.74, 6) is 0.0130. The Morgan fingerprint density at radius 2 is 1.80 bits per heavy atom. The number of phenolic OH excluding ortho intramolecular Hbond substituents is 1. The molecule has 0 amide bonds. The maximum absolute atomic E-state index is 12.9. The van der Waals surface area contributed by atoms with E-state index in [1.165, 1.54) is 24.4 Å². The smallest absolute Gasteiger partial charge is 0.418 e. The SMILES string of the molecule is CCN(CC)c1ccc(C=NNc2ccccc2C(F)(F)F)c(O)c1. The van der Waals surface area contributed by atoms with Crippen molar-refractivity contribution in [3.8, 4) is 5.75 Å². The summed E-state index contributed by atoms with van der Waals surface area (Å²) < 4.78 is 38.7. The van der Waals surface area contributed by atoms with E-state index in [9.17, 15) is 18.3 Å². The molecule has 0 heterocycles. The first-order valence-corrected chi connectivity index (χ1v) is 7.90. The zero-order valence-electron chi connectivity index (χ0n) is 14.0.